The van der Waals surface area contributed by atoms with Gasteiger partial charge in [-0.3, -0.25) is 9.69 Å². The second-order valence-electron chi connectivity index (χ2n) is 8.41. The fourth-order valence-electron chi connectivity index (χ4n) is 4.12. The maximum atomic E-state index is 12.7. The molecule has 2 aromatic heterocycles. The number of hydrogen-bond acceptors (Lipinski definition) is 8. The van der Waals surface area contributed by atoms with Crippen LogP contribution in [0.2, 0.25) is 0 Å². The number of nitrogens with one attached hydrogen (secondary N) is 1. The van der Waals surface area contributed by atoms with E-state index < -0.39 is 11.7 Å². The van der Waals surface area contributed by atoms with Crippen LogP contribution < -0.4 is 10.2 Å². The van der Waals surface area contributed by atoms with Gasteiger partial charge in [0.1, 0.15) is 10.8 Å². The first-order chi connectivity index (χ1) is 15.8. The van der Waals surface area contributed by atoms with E-state index in [0.29, 0.717) is 25.3 Å². The first-order valence-corrected chi connectivity index (χ1v) is 11.9. The molecule has 2 aliphatic heterocycles. The van der Waals surface area contributed by atoms with Crippen LogP contribution in [0.15, 0.2) is 18.3 Å². The van der Waals surface area contributed by atoms with Gasteiger partial charge in [0.05, 0.1) is 5.56 Å². The molecule has 12 heteroatoms. The SMILES string of the molecule is C.Cc1nnc(N2CCN(CCC(=O)N3CCC(Nc4ccc(C(F)(F)F)cn4)CC3)CC2)s1. The Kier molecular flexibility index (Phi) is 8.69. The highest BCUT2D eigenvalue weighted by Gasteiger charge is 2.31. The third kappa shape index (κ3) is 6.78. The van der Waals surface area contributed by atoms with Crippen LogP contribution in [-0.2, 0) is 11.0 Å². The second-order valence-corrected chi connectivity index (χ2v) is 9.57. The summed E-state index contributed by atoms with van der Waals surface area (Å²) in [5.41, 5.74) is -0.759. The van der Waals surface area contributed by atoms with E-state index in [9.17, 15) is 18.0 Å². The van der Waals surface area contributed by atoms with E-state index in [0.717, 1.165) is 68.0 Å². The molecule has 8 nitrogen and oxygen atoms in total. The number of hydrogen-bond donors (Lipinski definition) is 1. The molecule has 0 atom stereocenters. The van der Waals surface area contributed by atoms with Crippen molar-refractivity contribution < 1.29 is 18.0 Å². The van der Waals surface area contributed by atoms with Crippen molar-refractivity contribution in [1.29, 1.82) is 0 Å². The number of aromatic nitrogens is 3. The van der Waals surface area contributed by atoms with Crippen LogP contribution in [0.5, 0.6) is 0 Å². The van der Waals surface area contributed by atoms with Gasteiger partial charge in [0.15, 0.2) is 0 Å². The molecule has 4 heterocycles. The number of alkyl halides is 3. The Hall–Kier alpha value is -2.47. The summed E-state index contributed by atoms with van der Waals surface area (Å²) in [4.78, 5) is 23.0. The number of amides is 1. The first-order valence-electron chi connectivity index (χ1n) is 11.1. The number of likely N-dealkylation sites (tertiary alicyclic amines) is 1. The molecule has 0 spiro atoms. The summed E-state index contributed by atoms with van der Waals surface area (Å²) >= 11 is 1.60. The summed E-state index contributed by atoms with van der Waals surface area (Å²) in [5.74, 6) is 0.582. The van der Waals surface area contributed by atoms with Gasteiger partial charge >= 0.3 is 6.18 Å². The number of anilines is 2. The molecule has 0 aliphatic carbocycles. The molecule has 0 unspecified atom stereocenters. The molecule has 2 aliphatic rings. The fraction of sp³-hybridized carbons (Fsp3) is 0.636. The zero-order valence-corrected chi connectivity index (χ0v) is 19.3. The van der Waals surface area contributed by atoms with Crippen LogP contribution in [0.1, 0.15) is 37.3 Å². The predicted molar refractivity (Wildman–Crippen MR) is 127 cm³/mol. The lowest BCUT2D eigenvalue weighted by molar-refractivity contribution is -0.137. The minimum atomic E-state index is -4.39. The highest BCUT2D eigenvalue weighted by Crippen LogP contribution is 2.29. The highest BCUT2D eigenvalue weighted by molar-refractivity contribution is 7.15. The molecule has 0 radical (unpaired) electrons. The molecule has 0 bridgehead atoms. The first kappa shape index (κ1) is 26.1. The average molecular weight is 500 g/mol. The number of pyridine rings is 1. The molecule has 0 saturated carbocycles. The summed E-state index contributed by atoms with van der Waals surface area (Å²) in [5, 5.41) is 13.4. The van der Waals surface area contributed by atoms with Crippen molar-refractivity contribution in [3.8, 4) is 0 Å². The minimum Gasteiger partial charge on any atom is -0.367 e. The largest absolute Gasteiger partial charge is 0.417 e. The molecular weight excluding hydrogens is 467 g/mol. The maximum Gasteiger partial charge on any atom is 0.417 e. The Morgan fingerprint density at radius 2 is 1.82 bits per heavy atom. The van der Waals surface area contributed by atoms with Crippen molar-refractivity contribution in [2.45, 2.75) is 45.8 Å². The Morgan fingerprint density at radius 3 is 2.38 bits per heavy atom. The summed E-state index contributed by atoms with van der Waals surface area (Å²) in [7, 11) is 0. The van der Waals surface area contributed by atoms with Crippen molar-refractivity contribution >= 4 is 28.2 Å². The quantitative estimate of drug-likeness (QED) is 0.652. The Morgan fingerprint density at radius 1 is 1.12 bits per heavy atom. The lowest BCUT2D eigenvalue weighted by atomic mass is 10.0. The monoisotopic (exact) mass is 499 g/mol. The van der Waals surface area contributed by atoms with E-state index in [1.807, 2.05) is 11.8 Å². The lowest BCUT2D eigenvalue weighted by Crippen LogP contribution is -2.48. The molecule has 188 valence electrons. The van der Waals surface area contributed by atoms with Gasteiger partial charge < -0.3 is 15.1 Å². The van der Waals surface area contributed by atoms with Crippen LogP contribution in [0.4, 0.5) is 24.1 Å². The summed E-state index contributed by atoms with van der Waals surface area (Å²) in [6.07, 6.45) is -1.56. The number of piperazine rings is 1. The maximum absolute atomic E-state index is 12.7. The van der Waals surface area contributed by atoms with E-state index in [4.69, 9.17) is 0 Å². The van der Waals surface area contributed by atoms with Gasteiger partial charge in [-0.1, -0.05) is 18.8 Å². The van der Waals surface area contributed by atoms with Crippen LogP contribution >= 0.6 is 11.3 Å². The van der Waals surface area contributed by atoms with Gasteiger partial charge in [-0.25, -0.2) is 4.98 Å². The molecule has 1 amide bonds. The zero-order valence-electron chi connectivity index (χ0n) is 18.5. The van der Waals surface area contributed by atoms with Crippen molar-refractivity contribution in [3.63, 3.8) is 0 Å². The van der Waals surface area contributed by atoms with Crippen LogP contribution in [0.3, 0.4) is 0 Å². The third-order valence-electron chi connectivity index (χ3n) is 6.09. The summed E-state index contributed by atoms with van der Waals surface area (Å²) in [6, 6.07) is 2.48. The summed E-state index contributed by atoms with van der Waals surface area (Å²) in [6.45, 7) is 7.55. The highest BCUT2D eigenvalue weighted by atomic mass is 32.1. The average Bonchev–Trinajstić information content (AvgIpc) is 3.24. The van der Waals surface area contributed by atoms with Gasteiger partial charge in [-0.05, 0) is 31.9 Å². The normalized spacial score (nSPS) is 18.0. The van der Waals surface area contributed by atoms with Crippen LogP contribution in [-0.4, -0.2) is 82.7 Å². The van der Waals surface area contributed by atoms with E-state index >= 15 is 0 Å². The lowest BCUT2D eigenvalue weighted by Gasteiger charge is -2.35. The number of piperidine rings is 1. The van der Waals surface area contributed by atoms with Crippen molar-refractivity contribution in [3.05, 3.63) is 28.9 Å². The van der Waals surface area contributed by atoms with Crippen LogP contribution in [0.25, 0.3) is 0 Å². The van der Waals surface area contributed by atoms with Gasteiger partial charge in [-0.2, -0.15) is 13.2 Å². The topological polar surface area (TPSA) is 77.5 Å². The van der Waals surface area contributed by atoms with E-state index in [2.05, 4.69) is 30.3 Å². The second kappa shape index (κ2) is 11.3. The molecule has 0 aromatic carbocycles. The number of halogens is 3. The van der Waals surface area contributed by atoms with Crippen molar-refractivity contribution in [1.82, 2.24) is 25.0 Å². The molecule has 4 rings (SSSR count). The Labute approximate surface area is 202 Å². The number of carbonyl (C=O) groups is 1. The fourth-order valence-corrected chi connectivity index (χ4v) is 4.86. The van der Waals surface area contributed by atoms with E-state index in [1.165, 1.54) is 6.07 Å². The standard InChI is InChI=1S/C21H28F3N7OS.CH4/c1-15-27-28-20(33-15)31-12-10-29(11-13-31)7-6-19(32)30-8-4-17(5-9-30)26-18-3-2-16(14-25-18)21(22,23)24;/h2-3,14,17H,4-13H2,1H3,(H,25,26);1H4. The molecule has 2 aromatic rings. The molecular formula is C22H32F3N7OS. The van der Waals surface area contributed by atoms with E-state index in [-0.39, 0.29) is 19.4 Å². The number of rotatable bonds is 6. The molecule has 2 saturated heterocycles. The Bertz CT molecular complexity index is 921. The van der Waals surface area contributed by atoms with Gasteiger partial charge in [0.25, 0.3) is 0 Å². The smallest absolute Gasteiger partial charge is 0.367 e. The predicted octanol–water partition coefficient (Wildman–Crippen LogP) is 3.51. The van der Waals surface area contributed by atoms with E-state index in [1.54, 1.807) is 11.3 Å². The molecule has 2 fully saturated rings. The third-order valence-corrected chi connectivity index (χ3v) is 6.99. The number of nitrogens with zero attached hydrogens (tertiary/aromatic N) is 6. The molecule has 1 N–H and O–H groups in total. The van der Waals surface area contributed by atoms with Gasteiger partial charge in [0, 0.05) is 64.5 Å². The molecule has 34 heavy (non-hydrogen) atoms. The minimum absolute atomic E-state index is 0. The number of carbonyl (C=O) groups excluding carboxylic acids is 1. The summed E-state index contributed by atoms with van der Waals surface area (Å²) < 4.78 is 38.0. The van der Waals surface area contributed by atoms with Crippen molar-refractivity contribution in [2.75, 3.05) is 56.0 Å². The van der Waals surface area contributed by atoms with Gasteiger partial charge in [0.2, 0.25) is 11.0 Å². The van der Waals surface area contributed by atoms with Crippen LogP contribution in [0, 0.1) is 6.92 Å². The Balaban J connectivity index is 0.00000324. The zero-order chi connectivity index (χ0) is 23.4. The van der Waals surface area contributed by atoms with Gasteiger partial charge in [-0.15, -0.1) is 10.2 Å². The number of aryl methyl sites for hydroxylation is 1. The van der Waals surface area contributed by atoms with Crippen molar-refractivity contribution in [2.24, 2.45) is 0 Å².